The Morgan fingerprint density at radius 1 is 1.15 bits per heavy atom. The second-order valence-corrected chi connectivity index (χ2v) is 7.83. The van der Waals surface area contributed by atoms with Crippen LogP contribution in [-0.2, 0) is 30.6 Å². The lowest BCUT2D eigenvalue weighted by Gasteiger charge is -2.07. The van der Waals surface area contributed by atoms with Crippen LogP contribution in [-0.4, -0.2) is 38.3 Å². The molecule has 3 rings (SSSR count). The lowest BCUT2D eigenvalue weighted by atomic mass is 10.2. The van der Waals surface area contributed by atoms with Crippen LogP contribution in [0.3, 0.4) is 0 Å². The average molecular weight is 388 g/mol. The van der Waals surface area contributed by atoms with Gasteiger partial charge in [0.05, 0.1) is 11.3 Å². The molecule has 0 aliphatic heterocycles. The summed E-state index contributed by atoms with van der Waals surface area (Å²) in [4.78, 5) is 23.9. The third-order valence-corrected chi connectivity index (χ3v) is 4.78. The molecule has 9 heteroatoms. The number of carbonyl (C=O) groups is 2. The van der Waals surface area contributed by atoms with Crippen LogP contribution in [0.15, 0.2) is 57.9 Å². The van der Waals surface area contributed by atoms with Crippen LogP contribution in [0.1, 0.15) is 5.69 Å². The lowest BCUT2D eigenvalue weighted by molar-refractivity contribution is -0.146. The Hall–Kier alpha value is -3.20. The molecule has 0 aliphatic carbocycles. The molecule has 2 aromatic carbocycles. The highest BCUT2D eigenvalue weighted by Crippen LogP contribution is 2.18. The number of nitrogens with zero attached hydrogens (tertiary/aromatic N) is 1. The van der Waals surface area contributed by atoms with E-state index < -0.39 is 28.3 Å². The topological polar surface area (TPSA) is 116 Å². The number of hydrogen-bond donors (Lipinski definition) is 1. The molecule has 0 atom stereocenters. The molecule has 3 aromatic rings. The van der Waals surface area contributed by atoms with E-state index in [0.717, 1.165) is 6.26 Å². The fourth-order valence-electron chi connectivity index (χ4n) is 2.40. The maximum absolute atomic E-state index is 11.9. The van der Waals surface area contributed by atoms with Gasteiger partial charge in [-0.3, -0.25) is 9.59 Å². The first-order valence-electron chi connectivity index (χ1n) is 7.92. The van der Waals surface area contributed by atoms with E-state index >= 15 is 0 Å². The number of amides is 1. The number of anilines is 1. The minimum Gasteiger partial charge on any atom is -0.455 e. The molecule has 8 nitrogen and oxygen atoms in total. The highest BCUT2D eigenvalue weighted by atomic mass is 32.2. The first-order chi connectivity index (χ1) is 12.8. The molecule has 140 valence electrons. The van der Waals surface area contributed by atoms with Gasteiger partial charge in [0, 0.05) is 17.3 Å². The Morgan fingerprint density at radius 2 is 1.93 bits per heavy atom. The molecular weight excluding hydrogens is 372 g/mol. The molecule has 27 heavy (non-hydrogen) atoms. The van der Waals surface area contributed by atoms with Gasteiger partial charge >= 0.3 is 5.97 Å². The standard InChI is InChI=1S/C18H16N2O6S/c1-27(23,24)13-6-4-5-12(9-13)19-17(21)11-25-18(22)10-15-14-7-2-3-8-16(14)26-20-15/h2-9H,10-11H2,1H3,(H,19,21). The quantitative estimate of drug-likeness (QED) is 0.642. The zero-order valence-corrected chi connectivity index (χ0v) is 15.2. The van der Waals surface area contributed by atoms with E-state index in [1.54, 1.807) is 24.3 Å². The molecule has 0 unspecified atom stereocenters. The number of benzene rings is 2. The van der Waals surface area contributed by atoms with Crippen molar-refractivity contribution in [2.24, 2.45) is 0 Å². The van der Waals surface area contributed by atoms with Gasteiger partial charge in [-0.1, -0.05) is 23.4 Å². The largest absolute Gasteiger partial charge is 0.455 e. The molecule has 0 bridgehead atoms. The van der Waals surface area contributed by atoms with Crippen molar-refractivity contribution in [3.05, 3.63) is 54.2 Å². The van der Waals surface area contributed by atoms with Crippen LogP contribution in [0.2, 0.25) is 0 Å². The molecule has 1 heterocycles. The predicted molar refractivity (Wildman–Crippen MR) is 96.9 cm³/mol. The molecule has 1 amide bonds. The summed E-state index contributed by atoms with van der Waals surface area (Å²) >= 11 is 0. The first-order valence-corrected chi connectivity index (χ1v) is 9.81. The zero-order valence-electron chi connectivity index (χ0n) is 14.3. The van der Waals surface area contributed by atoms with Crippen LogP contribution in [0.4, 0.5) is 5.69 Å². The van der Waals surface area contributed by atoms with Crippen molar-refractivity contribution in [3.63, 3.8) is 0 Å². The number of sulfone groups is 1. The Bertz CT molecular complexity index is 1100. The van der Waals surface area contributed by atoms with Crippen LogP contribution in [0, 0.1) is 0 Å². The van der Waals surface area contributed by atoms with Crippen LogP contribution in [0.25, 0.3) is 11.0 Å². The van der Waals surface area contributed by atoms with E-state index in [1.807, 2.05) is 0 Å². The lowest BCUT2D eigenvalue weighted by Crippen LogP contribution is -2.21. The predicted octanol–water partition coefficient (Wildman–Crippen LogP) is 1.96. The molecule has 0 spiro atoms. The van der Waals surface area contributed by atoms with E-state index in [0.29, 0.717) is 22.4 Å². The number of fused-ring (bicyclic) bond motifs is 1. The molecule has 0 aliphatic rings. The monoisotopic (exact) mass is 388 g/mol. The number of carbonyl (C=O) groups excluding carboxylic acids is 2. The molecule has 1 N–H and O–H groups in total. The summed E-state index contributed by atoms with van der Waals surface area (Å²) in [5.74, 6) is -1.21. The first kappa shape index (κ1) is 18.6. The minimum absolute atomic E-state index is 0.0789. The summed E-state index contributed by atoms with van der Waals surface area (Å²) in [6.45, 7) is -0.502. The van der Waals surface area contributed by atoms with Crippen molar-refractivity contribution in [2.45, 2.75) is 11.3 Å². The van der Waals surface area contributed by atoms with E-state index in [2.05, 4.69) is 10.5 Å². The normalized spacial score (nSPS) is 11.3. The Balaban J connectivity index is 1.55. The Morgan fingerprint density at radius 3 is 2.70 bits per heavy atom. The van der Waals surface area contributed by atoms with Gasteiger partial charge in [-0.25, -0.2) is 8.42 Å². The summed E-state index contributed by atoms with van der Waals surface area (Å²) < 4.78 is 33.1. The van der Waals surface area contributed by atoms with Crippen molar-refractivity contribution in [2.75, 3.05) is 18.2 Å². The number of esters is 1. The van der Waals surface area contributed by atoms with Crippen molar-refractivity contribution in [1.82, 2.24) is 5.16 Å². The fourth-order valence-corrected chi connectivity index (χ4v) is 3.07. The average Bonchev–Trinajstić information content (AvgIpc) is 3.03. The van der Waals surface area contributed by atoms with Gasteiger partial charge < -0.3 is 14.6 Å². The summed E-state index contributed by atoms with van der Waals surface area (Å²) in [6.07, 6.45) is 0.942. The second kappa shape index (κ2) is 7.58. The van der Waals surface area contributed by atoms with Crippen LogP contribution < -0.4 is 5.32 Å². The highest BCUT2D eigenvalue weighted by molar-refractivity contribution is 7.90. The molecule has 0 saturated heterocycles. The summed E-state index contributed by atoms with van der Waals surface area (Å²) in [6, 6.07) is 12.9. The third kappa shape index (κ3) is 4.70. The fraction of sp³-hybridized carbons (Fsp3) is 0.167. The summed E-state index contributed by atoms with van der Waals surface area (Å²) in [7, 11) is -3.39. The minimum atomic E-state index is -3.39. The van der Waals surface area contributed by atoms with E-state index in [9.17, 15) is 18.0 Å². The number of rotatable bonds is 6. The van der Waals surface area contributed by atoms with Gasteiger partial charge in [-0.05, 0) is 30.3 Å². The molecule has 0 saturated carbocycles. The number of ether oxygens (including phenoxy) is 1. The van der Waals surface area contributed by atoms with Crippen molar-refractivity contribution < 1.29 is 27.3 Å². The summed E-state index contributed by atoms with van der Waals surface area (Å²) in [5.41, 5.74) is 1.28. The van der Waals surface area contributed by atoms with Gasteiger partial charge in [-0.15, -0.1) is 0 Å². The summed E-state index contributed by atoms with van der Waals surface area (Å²) in [5, 5.41) is 7.02. The third-order valence-electron chi connectivity index (χ3n) is 3.67. The van der Waals surface area contributed by atoms with Gasteiger partial charge in [0.25, 0.3) is 5.91 Å². The van der Waals surface area contributed by atoms with Crippen molar-refractivity contribution in [1.29, 1.82) is 0 Å². The van der Waals surface area contributed by atoms with Crippen LogP contribution in [0.5, 0.6) is 0 Å². The Labute approximate surface area is 155 Å². The second-order valence-electron chi connectivity index (χ2n) is 5.81. The van der Waals surface area contributed by atoms with Crippen LogP contribution >= 0.6 is 0 Å². The highest BCUT2D eigenvalue weighted by Gasteiger charge is 2.15. The van der Waals surface area contributed by atoms with E-state index in [4.69, 9.17) is 9.26 Å². The maximum atomic E-state index is 11.9. The smallest absolute Gasteiger partial charge is 0.312 e. The number of para-hydroxylation sites is 1. The number of aromatic nitrogens is 1. The maximum Gasteiger partial charge on any atom is 0.312 e. The zero-order chi connectivity index (χ0) is 19.4. The van der Waals surface area contributed by atoms with Gasteiger partial charge in [-0.2, -0.15) is 0 Å². The molecule has 0 radical (unpaired) electrons. The van der Waals surface area contributed by atoms with Gasteiger partial charge in [0.15, 0.2) is 22.0 Å². The number of hydrogen-bond acceptors (Lipinski definition) is 7. The number of nitrogens with one attached hydrogen (secondary N) is 1. The van der Waals surface area contributed by atoms with E-state index in [1.165, 1.54) is 24.3 Å². The van der Waals surface area contributed by atoms with E-state index in [-0.39, 0.29) is 11.3 Å². The van der Waals surface area contributed by atoms with Gasteiger partial charge in [0.2, 0.25) is 0 Å². The van der Waals surface area contributed by atoms with Gasteiger partial charge in [0.1, 0.15) is 5.69 Å². The Kier molecular flexibility index (Phi) is 5.22. The SMILES string of the molecule is CS(=O)(=O)c1cccc(NC(=O)COC(=O)Cc2noc3ccccc23)c1. The molecule has 0 fully saturated rings. The van der Waals surface area contributed by atoms with Crippen molar-refractivity contribution >= 4 is 38.4 Å². The molecule has 1 aromatic heterocycles. The molecular formula is C18H16N2O6S. The van der Waals surface area contributed by atoms with Crippen molar-refractivity contribution in [3.8, 4) is 0 Å².